The molecule has 0 bridgehead atoms. The number of hydrogen-bond acceptors (Lipinski definition) is 4. The Balaban J connectivity index is 2.43. The lowest BCUT2D eigenvalue weighted by Crippen LogP contribution is -2.16. The zero-order valence-corrected chi connectivity index (χ0v) is 11.0. The van der Waals surface area contributed by atoms with Crippen LogP contribution in [0.5, 0.6) is 0 Å². The summed E-state index contributed by atoms with van der Waals surface area (Å²) >= 11 is 5.57. The van der Waals surface area contributed by atoms with E-state index in [1.807, 2.05) is 0 Å². The third-order valence-corrected chi connectivity index (χ3v) is 4.00. The van der Waals surface area contributed by atoms with Crippen LogP contribution in [0.1, 0.15) is 0 Å². The second-order valence-electron chi connectivity index (χ2n) is 3.62. The number of benzene rings is 1. The van der Waals surface area contributed by atoms with Crippen LogP contribution < -0.4 is 10.5 Å². The molecule has 0 aliphatic rings. The molecule has 2 rings (SSSR count). The van der Waals surface area contributed by atoms with Crippen LogP contribution in [0.2, 0.25) is 5.02 Å². The lowest BCUT2D eigenvalue weighted by Gasteiger charge is -2.10. The summed E-state index contributed by atoms with van der Waals surface area (Å²) in [5, 5.41) is -0.181. The smallest absolute Gasteiger partial charge is 0.265 e. The van der Waals surface area contributed by atoms with E-state index in [0.29, 0.717) is 0 Å². The fourth-order valence-corrected chi connectivity index (χ4v) is 2.71. The monoisotopic (exact) mass is 301 g/mol. The average molecular weight is 302 g/mol. The van der Waals surface area contributed by atoms with E-state index >= 15 is 0 Å². The van der Waals surface area contributed by atoms with Gasteiger partial charge in [-0.15, -0.1) is 0 Å². The summed E-state index contributed by atoms with van der Waals surface area (Å²) in [5.41, 5.74) is 5.31. The summed E-state index contributed by atoms with van der Waals surface area (Å²) in [7, 11) is -4.02. The van der Waals surface area contributed by atoms with Crippen molar-refractivity contribution in [3.8, 4) is 0 Å². The van der Waals surface area contributed by atoms with E-state index in [2.05, 4.69) is 9.71 Å². The quantitative estimate of drug-likeness (QED) is 0.910. The van der Waals surface area contributed by atoms with Gasteiger partial charge in [0.25, 0.3) is 10.0 Å². The van der Waals surface area contributed by atoms with E-state index in [0.717, 1.165) is 6.20 Å². The second kappa shape index (κ2) is 5.02. The van der Waals surface area contributed by atoms with Gasteiger partial charge in [-0.3, -0.25) is 9.71 Å². The van der Waals surface area contributed by atoms with Crippen molar-refractivity contribution in [1.82, 2.24) is 4.98 Å². The Morgan fingerprint density at radius 2 is 2.05 bits per heavy atom. The Morgan fingerprint density at radius 3 is 2.74 bits per heavy atom. The van der Waals surface area contributed by atoms with Crippen LogP contribution in [0, 0.1) is 5.82 Å². The van der Waals surface area contributed by atoms with Crippen LogP contribution in [0.4, 0.5) is 15.8 Å². The van der Waals surface area contributed by atoms with Crippen molar-refractivity contribution in [3.05, 3.63) is 47.5 Å². The average Bonchev–Trinajstić information content (AvgIpc) is 2.35. The molecule has 0 saturated heterocycles. The Morgan fingerprint density at radius 1 is 1.32 bits per heavy atom. The van der Waals surface area contributed by atoms with Gasteiger partial charge in [0.1, 0.15) is 4.90 Å². The highest BCUT2D eigenvalue weighted by molar-refractivity contribution is 7.92. The number of rotatable bonds is 3. The molecule has 1 heterocycles. The molecule has 0 aliphatic heterocycles. The Kier molecular flexibility index (Phi) is 3.59. The maximum atomic E-state index is 13.6. The molecule has 1 aromatic heterocycles. The van der Waals surface area contributed by atoms with Crippen LogP contribution in [-0.4, -0.2) is 13.4 Å². The first-order chi connectivity index (χ1) is 8.92. The van der Waals surface area contributed by atoms with Crippen molar-refractivity contribution in [2.24, 2.45) is 0 Å². The number of aromatic nitrogens is 1. The van der Waals surface area contributed by atoms with E-state index in [4.69, 9.17) is 17.3 Å². The molecular weight excluding hydrogens is 293 g/mol. The molecule has 0 spiro atoms. The molecular formula is C11H9ClFN3O2S. The maximum absolute atomic E-state index is 13.6. The first-order valence-corrected chi connectivity index (χ1v) is 6.94. The van der Waals surface area contributed by atoms with Crippen LogP contribution in [0.25, 0.3) is 0 Å². The van der Waals surface area contributed by atoms with Crippen molar-refractivity contribution in [3.63, 3.8) is 0 Å². The molecule has 0 saturated carbocycles. The highest BCUT2D eigenvalue weighted by atomic mass is 35.5. The largest absolute Gasteiger partial charge is 0.398 e. The van der Waals surface area contributed by atoms with Crippen molar-refractivity contribution in [2.75, 3.05) is 10.5 Å². The molecule has 100 valence electrons. The summed E-state index contributed by atoms with van der Waals surface area (Å²) < 4.78 is 39.8. The summed E-state index contributed by atoms with van der Waals surface area (Å²) in [5.74, 6) is -0.852. The number of nitrogen functional groups attached to an aromatic ring is 1. The number of hydrogen-bond donors (Lipinski definition) is 2. The minimum Gasteiger partial charge on any atom is -0.398 e. The molecule has 19 heavy (non-hydrogen) atoms. The number of nitrogens with two attached hydrogens (primary N) is 1. The molecule has 0 fully saturated rings. The van der Waals surface area contributed by atoms with Gasteiger partial charge in [-0.05, 0) is 18.2 Å². The number of nitrogens with one attached hydrogen (secondary N) is 1. The van der Waals surface area contributed by atoms with Gasteiger partial charge in [-0.2, -0.15) is 0 Å². The SMILES string of the molecule is Nc1ccncc1S(=O)(=O)Nc1cccc(Cl)c1F. The normalized spacial score (nSPS) is 11.3. The van der Waals surface area contributed by atoms with Gasteiger partial charge >= 0.3 is 0 Å². The molecule has 3 N–H and O–H groups in total. The molecule has 0 radical (unpaired) electrons. The lowest BCUT2D eigenvalue weighted by molar-refractivity contribution is 0.598. The molecule has 0 atom stereocenters. The highest BCUT2D eigenvalue weighted by Crippen LogP contribution is 2.25. The fourth-order valence-electron chi connectivity index (χ4n) is 1.40. The Hall–Kier alpha value is -1.86. The van der Waals surface area contributed by atoms with E-state index in [-0.39, 0.29) is 21.3 Å². The van der Waals surface area contributed by atoms with Gasteiger partial charge < -0.3 is 5.73 Å². The minimum atomic E-state index is -4.02. The molecule has 0 aliphatic carbocycles. The third kappa shape index (κ3) is 2.77. The second-order valence-corrected chi connectivity index (χ2v) is 5.68. The number of anilines is 2. The molecule has 0 unspecified atom stereocenters. The maximum Gasteiger partial charge on any atom is 0.265 e. The lowest BCUT2D eigenvalue weighted by atomic mass is 10.3. The van der Waals surface area contributed by atoms with Gasteiger partial charge in [0.2, 0.25) is 0 Å². The van der Waals surface area contributed by atoms with E-state index in [1.165, 1.54) is 30.5 Å². The third-order valence-electron chi connectivity index (χ3n) is 2.30. The van der Waals surface area contributed by atoms with E-state index < -0.39 is 15.8 Å². The summed E-state index contributed by atoms with van der Waals surface area (Å²) in [6, 6.07) is 5.33. The predicted octanol–water partition coefficient (Wildman–Crippen LogP) is 2.26. The predicted molar refractivity (Wildman–Crippen MR) is 70.9 cm³/mol. The minimum absolute atomic E-state index is 0.0185. The molecule has 1 aromatic carbocycles. The zero-order valence-electron chi connectivity index (χ0n) is 9.47. The van der Waals surface area contributed by atoms with Gasteiger partial charge in [0.15, 0.2) is 5.82 Å². The highest BCUT2D eigenvalue weighted by Gasteiger charge is 2.20. The number of pyridine rings is 1. The number of nitrogens with zero attached hydrogens (tertiary/aromatic N) is 1. The van der Waals surface area contributed by atoms with Crippen molar-refractivity contribution in [1.29, 1.82) is 0 Å². The van der Waals surface area contributed by atoms with Crippen LogP contribution in [-0.2, 0) is 10.0 Å². The number of sulfonamides is 1. The fraction of sp³-hybridized carbons (Fsp3) is 0. The number of halogens is 2. The first kappa shape index (κ1) is 13.6. The van der Waals surface area contributed by atoms with Crippen molar-refractivity contribution in [2.45, 2.75) is 4.90 Å². The van der Waals surface area contributed by atoms with Crippen molar-refractivity contribution < 1.29 is 12.8 Å². The van der Waals surface area contributed by atoms with Gasteiger partial charge in [-0.1, -0.05) is 17.7 Å². The molecule has 8 heteroatoms. The van der Waals surface area contributed by atoms with Gasteiger partial charge in [0.05, 0.1) is 16.4 Å². The van der Waals surface area contributed by atoms with Gasteiger partial charge in [0, 0.05) is 12.4 Å². The molecule has 2 aromatic rings. The van der Waals surface area contributed by atoms with Crippen molar-refractivity contribution >= 4 is 33.0 Å². The molecule has 5 nitrogen and oxygen atoms in total. The Bertz CT molecular complexity index is 722. The topological polar surface area (TPSA) is 85.1 Å². The van der Waals surface area contributed by atoms with E-state index in [1.54, 1.807) is 0 Å². The molecule has 0 amide bonds. The summed E-state index contributed by atoms with van der Waals surface area (Å²) in [4.78, 5) is 3.45. The van der Waals surface area contributed by atoms with Crippen LogP contribution >= 0.6 is 11.6 Å². The summed E-state index contributed by atoms with van der Waals surface area (Å²) in [6.45, 7) is 0. The Labute approximate surface area is 114 Å². The zero-order chi connectivity index (χ0) is 14.0. The van der Waals surface area contributed by atoms with E-state index in [9.17, 15) is 12.8 Å². The standard InChI is InChI=1S/C11H9ClFN3O2S/c12-7-2-1-3-9(11(7)13)16-19(17,18)10-6-15-5-4-8(10)14/h1-6,16H,(H2,14,15). The summed E-state index contributed by atoms with van der Waals surface area (Å²) in [6.07, 6.45) is 2.44. The van der Waals surface area contributed by atoms with Crippen LogP contribution in [0.3, 0.4) is 0 Å². The van der Waals surface area contributed by atoms with Crippen LogP contribution in [0.15, 0.2) is 41.6 Å². The first-order valence-electron chi connectivity index (χ1n) is 5.08. The van der Waals surface area contributed by atoms with Gasteiger partial charge in [-0.25, -0.2) is 12.8 Å².